The maximum atomic E-state index is 5.59. The fraction of sp³-hybridized carbons (Fsp3) is 0.333. The van der Waals surface area contributed by atoms with Crippen molar-refractivity contribution in [3.63, 3.8) is 0 Å². The van der Waals surface area contributed by atoms with Gasteiger partial charge < -0.3 is 9.84 Å². The van der Waals surface area contributed by atoms with E-state index < -0.39 is 0 Å². The smallest absolute Gasteiger partial charge is 0.258 e. The molecule has 0 spiro atoms. The molecule has 7 nitrogen and oxygen atoms in total. The van der Waals surface area contributed by atoms with Gasteiger partial charge in [0.2, 0.25) is 0 Å². The lowest BCUT2D eigenvalue weighted by Gasteiger charge is -2.05. The van der Waals surface area contributed by atoms with E-state index in [1.807, 2.05) is 38.5 Å². The van der Waals surface area contributed by atoms with Crippen LogP contribution in [-0.2, 0) is 13.5 Å². The largest absolute Gasteiger partial charge is 0.334 e. The molecular weight excluding hydrogens is 348 g/mol. The van der Waals surface area contributed by atoms with Crippen LogP contribution in [0.15, 0.2) is 28.1 Å². The van der Waals surface area contributed by atoms with Crippen molar-refractivity contribution < 1.29 is 4.52 Å². The molecule has 0 aliphatic heterocycles. The van der Waals surface area contributed by atoms with Gasteiger partial charge in [-0.15, -0.1) is 11.3 Å². The second kappa shape index (κ2) is 6.62. The topological polar surface area (TPSA) is 81.7 Å². The molecule has 26 heavy (non-hydrogen) atoms. The summed E-state index contributed by atoms with van der Waals surface area (Å²) in [6.45, 7) is 4.06. The molecule has 134 valence electrons. The SMILES string of the molecule is CNC(C)Cc1noc(-c2cc(-c3cccs3)nc3c2c(C)nn3C)n1. The highest BCUT2D eigenvalue weighted by Gasteiger charge is 2.20. The Morgan fingerprint density at radius 1 is 1.35 bits per heavy atom. The van der Waals surface area contributed by atoms with Gasteiger partial charge in [-0.2, -0.15) is 10.1 Å². The Morgan fingerprint density at radius 3 is 2.92 bits per heavy atom. The van der Waals surface area contributed by atoms with Gasteiger partial charge in [-0.25, -0.2) is 4.98 Å². The molecule has 0 aliphatic rings. The number of nitrogens with zero attached hydrogens (tertiary/aromatic N) is 5. The highest BCUT2D eigenvalue weighted by atomic mass is 32.1. The van der Waals surface area contributed by atoms with Crippen molar-refractivity contribution >= 4 is 22.4 Å². The molecule has 4 rings (SSSR count). The molecule has 1 atom stereocenters. The second-order valence-corrected chi connectivity index (χ2v) is 7.30. The normalized spacial score (nSPS) is 12.8. The minimum atomic E-state index is 0.278. The van der Waals surface area contributed by atoms with Gasteiger partial charge in [0.25, 0.3) is 5.89 Å². The molecule has 0 amide bonds. The zero-order valence-corrected chi connectivity index (χ0v) is 16.0. The molecule has 0 aromatic carbocycles. The third kappa shape index (κ3) is 2.91. The molecule has 0 bridgehead atoms. The highest BCUT2D eigenvalue weighted by Crippen LogP contribution is 2.34. The fourth-order valence-corrected chi connectivity index (χ4v) is 3.67. The molecule has 4 aromatic heterocycles. The Kier molecular flexibility index (Phi) is 4.29. The van der Waals surface area contributed by atoms with Crippen molar-refractivity contribution in [2.75, 3.05) is 7.05 Å². The summed E-state index contributed by atoms with van der Waals surface area (Å²) in [6.07, 6.45) is 0.706. The molecule has 0 fully saturated rings. The number of fused-ring (bicyclic) bond motifs is 1. The standard InChI is InChI=1S/C18H20N6OS/c1-10(19-3)8-15-21-18(25-23-15)12-9-13(14-6-5-7-26-14)20-17-16(12)11(2)22-24(17)4/h5-7,9-10,19H,8H2,1-4H3. The van der Waals surface area contributed by atoms with Gasteiger partial charge in [0.05, 0.1) is 27.2 Å². The number of likely N-dealkylation sites (N-methyl/N-ethyl adjacent to an activating group) is 1. The van der Waals surface area contributed by atoms with E-state index in [1.165, 1.54) is 0 Å². The Hall–Kier alpha value is -2.58. The molecule has 4 heterocycles. The van der Waals surface area contributed by atoms with Gasteiger partial charge in [-0.05, 0) is 38.4 Å². The van der Waals surface area contributed by atoms with E-state index in [9.17, 15) is 0 Å². The van der Waals surface area contributed by atoms with Crippen molar-refractivity contribution in [3.8, 4) is 22.0 Å². The predicted octanol–water partition coefficient (Wildman–Crippen LogP) is 3.21. The lowest BCUT2D eigenvalue weighted by atomic mass is 10.1. The van der Waals surface area contributed by atoms with Crippen LogP contribution in [0.4, 0.5) is 0 Å². The van der Waals surface area contributed by atoms with Crippen LogP contribution in [0.3, 0.4) is 0 Å². The quantitative estimate of drug-likeness (QED) is 0.582. The van der Waals surface area contributed by atoms with Gasteiger partial charge in [-0.1, -0.05) is 11.2 Å². The Balaban J connectivity index is 1.88. The van der Waals surface area contributed by atoms with E-state index >= 15 is 0 Å². The molecule has 8 heteroatoms. The summed E-state index contributed by atoms with van der Waals surface area (Å²) in [5.41, 5.74) is 3.46. The summed E-state index contributed by atoms with van der Waals surface area (Å²) < 4.78 is 7.39. The average molecular weight is 368 g/mol. The van der Waals surface area contributed by atoms with Crippen LogP contribution in [0.1, 0.15) is 18.4 Å². The summed E-state index contributed by atoms with van der Waals surface area (Å²) in [4.78, 5) is 10.5. The van der Waals surface area contributed by atoms with E-state index in [0.717, 1.165) is 32.9 Å². The summed E-state index contributed by atoms with van der Waals surface area (Å²) in [7, 11) is 3.82. The van der Waals surface area contributed by atoms with Gasteiger partial charge >= 0.3 is 0 Å². The molecule has 0 saturated carbocycles. The number of rotatable bonds is 5. The summed E-state index contributed by atoms with van der Waals surface area (Å²) >= 11 is 1.65. The number of hydrogen-bond acceptors (Lipinski definition) is 7. The number of nitrogens with one attached hydrogen (secondary N) is 1. The van der Waals surface area contributed by atoms with E-state index in [-0.39, 0.29) is 6.04 Å². The van der Waals surface area contributed by atoms with Crippen molar-refractivity contribution in [2.45, 2.75) is 26.3 Å². The van der Waals surface area contributed by atoms with Crippen molar-refractivity contribution in [2.24, 2.45) is 7.05 Å². The van der Waals surface area contributed by atoms with E-state index in [4.69, 9.17) is 9.51 Å². The van der Waals surface area contributed by atoms with Crippen molar-refractivity contribution in [3.05, 3.63) is 35.1 Å². The van der Waals surface area contributed by atoms with E-state index in [0.29, 0.717) is 18.1 Å². The minimum Gasteiger partial charge on any atom is -0.334 e. The van der Waals surface area contributed by atoms with Crippen LogP contribution in [0.2, 0.25) is 0 Å². The fourth-order valence-electron chi connectivity index (χ4n) is 2.99. The highest BCUT2D eigenvalue weighted by molar-refractivity contribution is 7.13. The third-order valence-electron chi connectivity index (χ3n) is 4.42. The van der Waals surface area contributed by atoms with Gasteiger partial charge in [0.1, 0.15) is 0 Å². The van der Waals surface area contributed by atoms with Crippen LogP contribution in [0.25, 0.3) is 33.1 Å². The Bertz CT molecular complexity index is 1050. The van der Waals surface area contributed by atoms with Gasteiger partial charge in [0.15, 0.2) is 11.5 Å². The van der Waals surface area contributed by atoms with Crippen molar-refractivity contribution in [1.29, 1.82) is 0 Å². The van der Waals surface area contributed by atoms with E-state index in [1.54, 1.807) is 16.0 Å². The summed E-state index contributed by atoms with van der Waals surface area (Å²) in [6, 6.07) is 6.37. The lowest BCUT2D eigenvalue weighted by Crippen LogP contribution is -2.24. The monoisotopic (exact) mass is 368 g/mol. The molecule has 0 saturated heterocycles. The molecule has 0 aliphatic carbocycles. The van der Waals surface area contributed by atoms with Crippen LogP contribution < -0.4 is 5.32 Å². The summed E-state index contributed by atoms with van der Waals surface area (Å²) in [5.74, 6) is 1.19. The number of aryl methyl sites for hydroxylation is 2. The maximum absolute atomic E-state index is 5.59. The van der Waals surface area contributed by atoms with Crippen molar-refractivity contribution in [1.82, 2.24) is 30.2 Å². The second-order valence-electron chi connectivity index (χ2n) is 6.35. The first-order valence-corrected chi connectivity index (χ1v) is 9.33. The zero-order chi connectivity index (χ0) is 18.3. The minimum absolute atomic E-state index is 0.278. The molecule has 4 aromatic rings. The van der Waals surface area contributed by atoms with Crippen LogP contribution in [-0.4, -0.2) is 38.0 Å². The molecule has 0 radical (unpaired) electrons. The zero-order valence-electron chi connectivity index (χ0n) is 15.1. The molecular formula is C18H20N6OS. The van der Waals surface area contributed by atoms with Crippen LogP contribution in [0.5, 0.6) is 0 Å². The first kappa shape index (κ1) is 16.9. The van der Waals surface area contributed by atoms with Crippen LogP contribution in [0, 0.1) is 6.92 Å². The molecule has 1 unspecified atom stereocenters. The summed E-state index contributed by atoms with van der Waals surface area (Å²) in [5, 5.41) is 14.8. The predicted molar refractivity (Wildman–Crippen MR) is 102 cm³/mol. The number of pyridine rings is 1. The van der Waals surface area contributed by atoms with Gasteiger partial charge in [0, 0.05) is 19.5 Å². The lowest BCUT2D eigenvalue weighted by molar-refractivity contribution is 0.418. The van der Waals surface area contributed by atoms with E-state index in [2.05, 4.69) is 33.5 Å². The molecule has 1 N–H and O–H groups in total. The maximum Gasteiger partial charge on any atom is 0.258 e. The number of hydrogen-bond donors (Lipinski definition) is 1. The first-order chi connectivity index (χ1) is 12.6. The van der Waals surface area contributed by atoms with Gasteiger partial charge in [-0.3, -0.25) is 4.68 Å². The average Bonchev–Trinajstić information content (AvgIpc) is 3.36. The number of aromatic nitrogens is 5. The first-order valence-electron chi connectivity index (χ1n) is 8.45. The number of thiophene rings is 1. The third-order valence-corrected chi connectivity index (χ3v) is 5.31. The Labute approximate surface area is 155 Å². The van der Waals surface area contributed by atoms with Crippen LogP contribution >= 0.6 is 11.3 Å². The Morgan fingerprint density at radius 2 is 2.19 bits per heavy atom.